The van der Waals surface area contributed by atoms with Crippen molar-refractivity contribution in [2.24, 2.45) is 0 Å². The lowest BCUT2D eigenvalue weighted by molar-refractivity contribution is 0.504. The molecule has 0 N–H and O–H groups in total. The maximum atomic E-state index is 4.94. The number of aromatic nitrogens is 3. The van der Waals surface area contributed by atoms with Crippen LogP contribution in [0.1, 0.15) is 53.4 Å². The molecule has 1 unspecified atom stereocenters. The van der Waals surface area contributed by atoms with Crippen LogP contribution in [0.25, 0.3) is 0 Å². The Bertz CT molecular complexity index is 645. The summed E-state index contributed by atoms with van der Waals surface area (Å²) in [5.41, 5.74) is 2.51. The van der Waals surface area contributed by atoms with Gasteiger partial charge in [-0.15, -0.1) is 11.3 Å². The molecule has 4 nitrogen and oxygen atoms in total. The number of hydrogen-bond acceptors (Lipinski definition) is 5. The highest BCUT2D eigenvalue weighted by atomic mass is 32.1. The smallest absolute Gasteiger partial charge is 0.132 e. The zero-order valence-corrected chi connectivity index (χ0v) is 13.9. The van der Waals surface area contributed by atoms with Crippen molar-refractivity contribution >= 4 is 17.2 Å². The van der Waals surface area contributed by atoms with Gasteiger partial charge in [0.2, 0.25) is 0 Å². The van der Waals surface area contributed by atoms with Crippen LogP contribution in [0.3, 0.4) is 0 Å². The predicted octanol–water partition coefficient (Wildman–Crippen LogP) is 3.37. The average Bonchev–Trinajstić information content (AvgIpc) is 3.17. The van der Waals surface area contributed by atoms with Crippen molar-refractivity contribution in [2.45, 2.75) is 51.4 Å². The Hall–Kier alpha value is -1.49. The molecule has 0 radical (unpaired) electrons. The second-order valence-corrected chi connectivity index (χ2v) is 7.40. The van der Waals surface area contributed by atoms with Gasteiger partial charge in [-0.2, -0.15) is 0 Å². The summed E-state index contributed by atoms with van der Waals surface area (Å²) in [7, 11) is 0. The molecule has 1 fully saturated rings. The summed E-state index contributed by atoms with van der Waals surface area (Å²) >= 11 is 1.96. The number of piperidine rings is 1. The SMILES string of the molecule is CCc1cc(N2CCCC(c3nc4c(s3)CCC4)C2)ncn1. The van der Waals surface area contributed by atoms with Gasteiger partial charge in [0, 0.05) is 35.6 Å². The van der Waals surface area contributed by atoms with Gasteiger partial charge in [-0.25, -0.2) is 15.0 Å². The van der Waals surface area contributed by atoms with E-state index in [9.17, 15) is 0 Å². The van der Waals surface area contributed by atoms with Gasteiger partial charge in [-0.05, 0) is 38.5 Å². The topological polar surface area (TPSA) is 41.9 Å². The second-order valence-electron chi connectivity index (χ2n) is 6.28. The van der Waals surface area contributed by atoms with E-state index in [1.807, 2.05) is 11.3 Å². The summed E-state index contributed by atoms with van der Waals surface area (Å²) in [5, 5.41) is 1.36. The molecular formula is C17H22N4S. The summed E-state index contributed by atoms with van der Waals surface area (Å²) in [5.74, 6) is 1.66. The van der Waals surface area contributed by atoms with Crippen LogP contribution in [-0.4, -0.2) is 28.0 Å². The third-order valence-corrected chi connectivity index (χ3v) is 6.10. The van der Waals surface area contributed by atoms with Crippen molar-refractivity contribution < 1.29 is 0 Å². The molecule has 4 rings (SSSR count). The highest BCUT2D eigenvalue weighted by Gasteiger charge is 2.27. The van der Waals surface area contributed by atoms with E-state index < -0.39 is 0 Å². The van der Waals surface area contributed by atoms with Crippen LogP contribution in [0, 0.1) is 0 Å². The van der Waals surface area contributed by atoms with Gasteiger partial charge >= 0.3 is 0 Å². The van der Waals surface area contributed by atoms with E-state index in [2.05, 4.69) is 27.9 Å². The maximum absolute atomic E-state index is 4.94. The van der Waals surface area contributed by atoms with Crippen molar-refractivity contribution in [2.75, 3.05) is 18.0 Å². The lowest BCUT2D eigenvalue weighted by atomic mass is 9.98. The van der Waals surface area contributed by atoms with Crippen LogP contribution in [-0.2, 0) is 19.3 Å². The van der Waals surface area contributed by atoms with Crippen molar-refractivity contribution in [1.82, 2.24) is 15.0 Å². The average molecular weight is 314 g/mol. The van der Waals surface area contributed by atoms with Gasteiger partial charge in [0.15, 0.2) is 0 Å². The number of fused-ring (bicyclic) bond motifs is 1. The fourth-order valence-corrected chi connectivity index (χ4v) is 4.80. The lowest BCUT2D eigenvalue weighted by Gasteiger charge is -2.32. The molecule has 2 aromatic heterocycles. The Morgan fingerprint density at radius 2 is 2.23 bits per heavy atom. The van der Waals surface area contributed by atoms with E-state index in [-0.39, 0.29) is 0 Å². The molecule has 5 heteroatoms. The Balaban J connectivity index is 1.53. The van der Waals surface area contributed by atoms with Gasteiger partial charge in [-0.3, -0.25) is 0 Å². The number of anilines is 1. The molecule has 1 saturated heterocycles. The fraction of sp³-hybridized carbons (Fsp3) is 0.588. The molecule has 2 aromatic rings. The molecular weight excluding hydrogens is 292 g/mol. The minimum atomic E-state index is 0.574. The van der Waals surface area contributed by atoms with Crippen LogP contribution in [0.15, 0.2) is 12.4 Å². The minimum Gasteiger partial charge on any atom is -0.356 e. The van der Waals surface area contributed by atoms with E-state index in [0.29, 0.717) is 5.92 Å². The summed E-state index contributed by atoms with van der Waals surface area (Å²) in [6.07, 6.45) is 8.88. The lowest BCUT2D eigenvalue weighted by Crippen LogP contribution is -2.35. The van der Waals surface area contributed by atoms with Crippen LogP contribution >= 0.6 is 11.3 Å². The molecule has 0 saturated carbocycles. The fourth-order valence-electron chi connectivity index (χ4n) is 3.52. The van der Waals surface area contributed by atoms with E-state index in [1.54, 1.807) is 11.2 Å². The summed E-state index contributed by atoms with van der Waals surface area (Å²) < 4.78 is 0. The summed E-state index contributed by atoms with van der Waals surface area (Å²) in [4.78, 5) is 17.7. The Kier molecular flexibility index (Phi) is 3.82. The molecule has 2 aliphatic rings. The first-order valence-corrected chi connectivity index (χ1v) is 9.19. The van der Waals surface area contributed by atoms with Crippen LogP contribution < -0.4 is 4.90 Å². The highest BCUT2D eigenvalue weighted by Crippen LogP contribution is 2.36. The number of aryl methyl sites for hydroxylation is 3. The van der Waals surface area contributed by atoms with Crippen LogP contribution in [0.2, 0.25) is 0 Å². The predicted molar refractivity (Wildman–Crippen MR) is 89.7 cm³/mol. The largest absolute Gasteiger partial charge is 0.356 e. The van der Waals surface area contributed by atoms with Crippen LogP contribution in [0.4, 0.5) is 5.82 Å². The molecule has 1 aliphatic carbocycles. The normalized spacial score (nSPS) is 21.1. The van der Waals surface area contributed by atoms with E-state index in [4.69, 9.17) is 4.98 Å². The van der Waals surface area contributed by atoms with E-state index in [0.717, 1.165) is 31.0 Å². The third-order valence-electron chi connectivity index (χ3n) is 4.78. The quantitative estimate of drug-likeness (QED) is 0.871. The summed E-state index contributed by atoms with van der Waals surface area (Å²) in [6, 6.07) is 2.14. The molecule has 0 aromatic carbocycles. The first kappa shape index (κ1) is 14.1. The molecule has 3 heterocycles. The zero-order chi connectivity index (χ0) is 14.9. The van der Waals surface area contributed by atoms with Gasteiger partial charge in [0.25, 0.3) is 0 Å². The number of nitrogens with zero attached hydrogens (tertiary/aromatic N) is 4. The summed E-state index contributed by atoms with van der Waals surface area (Å²) in [6.45, 7) is 4.29. The molecule has 0 bridgehead atoms. The van der Waals surface area contributed by atoms with Gasteiger partial charge in [-0.1, -0.05) is 6.92 Å². The molecule has 116 valence electrons. The minimum absolute atomic E-state index is 0.574. The van der Waals surface area contributed by atoms with Gasteiger partial charge < -0.3 is 4.90 Å². The van der Waals surface area contributed by atoms with Gasteiger partial charge in [0.05, 0.1) is 10.7 Å². The molecule has 0 spiro atoms. The highest BCUT2D eigenvalue weighted by molar-refractivity contribution is 7.11. The second kappa shape index (κ2) is 5.95. The third kappa shape index (κ3) is 2.62. The van der Waals surface area contributed by atoms with Gasteiger partial charge in [0.1, 0.15) is 12.1 Å². The first-order valence-electron chi connectivity index (χ1n) is 8.38. The van der Waals surface area contributed by atoms with Crippen LogP contribution in [0.5, 0.6) is 0 Å². The van der Waals surface area contributed by atoms with Crippen molar-refractivity contribution in [3.63, 3.8) is 0 Å². The van der Waals surface area contributed by atoms with Crippen molar-refractivity contribution in [3.8, 4) is 0 Å². The number of hydrogen-bond donors (Lipinski definition) is 0. The number of rotatable bonds is 3. The number of thiazole rings is 1. The monoisotopic (exact) mass is 314 g/mol. The maximum Gasteiger partial charge on any atom is 0.132 e. The standard InChI is InChI=1S/C17H22N4S/c1-2-13-9-16(19-11-18-13)21-8-4-5-12(10-21)17-20-14-6-3-7-15(14)22-17/h9,11-12H,2-8,10H2,1H3. The van der Waals surface area contributed by atoms with E-state index in [1.165, 1.54) is 42.8 Å². The Morgan fingerprint density at radius 1 is 1.27 bits per heavy atom. The zero-order valence-electron chi connectivity index (χ0n) is 13.1. The molecule has 22 heavy (non-hydrogen) atoms. The van der Waals surface area contributed by atoms with E-state index >= 15 is 0 Å². The molecule has 1 atom stereocenters. The Morgan fingerprint density at radius 3 is 3.09 bits per heavy atom. The molecule has 1 aliphatic heterocycles. The Labute approximate surface area is 135 Å². The first-order chi connectivity index (χ1) is 10.8. The van der Waals surface area contributed by atoms with Crippen molar-refractivity contribution in [1.29, 1.82) is 0 Å². The molecule has 0 amide bonds. The van der Waals surface area contributed by atoms with Crippen molar-refractivity contribution in [3.05, 3.63) is 33.7 Å².